The van der Waals surface area contributed by atoms with Crippen molar-refractivity contribution >= 4 is 5.91 Å². The van der Waals surface area contributed by atoms with Gasteiger partial charge in [-0.15, -0.1) is 0 Å². The normalized spacial score (nSPS) is 19.4. The van der Waals surface area contributed by atoms with Crippen LogP contribution in [0.1, 0.15) is 16.9 Å². The summed E-state index contributed by atoms with van der Waals surface area (Å²) in [6, 6.07) is 7.99. The van der Waals surface area contributed by atoms with E-state index in [4.69, 9.17) is 5.11 Å². The highest BCUT2D eigenvalue weighted by molar-refractivity contribution is 5.92. The molecule has 2 N–H and O–H groups in total. The van der Waals surface area contributed by atoms with Crippen molar-refractivity contribution < 1.29 is 14.3 Å². The van der Waals surface area contributed by atoms with Crippen LogP contribution >= 0.6 is 0 Å². The number of carbonyl (C=O) groups is 1. The average molecular weight is 329 g/mol. The summed E-state index contributed by atoms with van der Waals surface area (Å²) in [6.07, 6.45) is 4.26. The van der Waals surface area contributed by atoms with Gasteiger partial charge in [-0.2, -0.15) is 9.78 Å². The van der Waals surface area contributed by atoms with Crippen LogP contribution in [0, 0.1) is 11.7 Å². The molecule has 0 fully saturated rings. The summed E-state index contributed by atoms with van der Waals surface area (Å²) in [5.41, 5.74) is -0.533. The summed E-state index contributed by atoms with van der Waals surface area (Å²) in [4.78, 5) is 24.2. The quantitative estimate of drug-likeness (QED) is 0.821. The Bertz CT molecular complexity index is 847. The Hall–Kier alpha value is -2.80. The molecular formula is C17H16FN3O3. The predicted octanol–water partition coefficient (Wildman–Crippen LogP) is 1.04. The molecule has 24 heavy (non-hydrogen) atoms. The van der Waals surface area contributed by atoms with Gasteiger partial charge in [-0.1, -0.05) is 24.3 Å². The number of aliphatic hydroxyl groups excluding tert-OH is 1. The minimum absolute atomic E-state index is 0.0127. The first-order valence-electron chi connectivity index (χ1n) is 7.54. The van der Waals surface area contributed by atoms with Crippen LogP contribution in [-0.2, 0) is 0 Å². The lowest BCUT2D eigenvalue weighted by Gasteiger charge is -2.13. The van der Waals surface area contributed by atoms with Gasteiger partial charge in [0.25, 0.3) is 11.5 Å². The Labute approximate surface area is 137 Å². The van der Waals surface area contributed by atoms with Crippen molar-refractivity contribution in [3.8, 4) is 5.69 Å². The van der Waals surface area contributed by atoms with Crippen LogP contribution in [0.2, 0.25) is 0 Å². The smallest absolute Gasteiger partial charge is 0.272 e. The molecule has 0 saturated heterocycles. The van der Waals surface area contributed by atoms with Crippen LogP contribution in [0.25, 0.3) is 5.69 Å². The van der Waals surface area contributed by atoms with Gasteiger partial charge in [0.1, 0.15) is 17.2 Å². The van der Waals surface area contributed by atoms with Crippen LogP contribution in [-0.4, -0.2) is 33.4 Å². The first-order valence-corrected chi connectivity index (χ1v) is 7.54. The molecule has 0 unspecified atom stereocenters. The van der Waals surface area contributed by atoms with Crippen molar-refractivity contribution in [3.05, 3.63) is 70.4 Å². The highest BCUT2D eigenvalue weighted by atomic mass is 19.1. The van der Waals surface area contributed by atoms with Crippen molar-refractivity contribution in [2.24, 2.45) is 5.92 Å². The number of aliphatic hydroxyl groups is 1. The fourth-order valence-electron chi connectivity index (χ4n) is 2.59. The molecule has 3 rings (SSSR count). The Morgan fingerprint density at radius 3 is 2.79 bits per heavy atom. The molecule has 0 aliphatic heterocycles. The van der Waals surface area contributed by atoms with Crippen molar-refractivity contribution in [3.63, 3.8) is 0 Å². The van der Waals surface area contributed by atoms with E-state index in [1.165, 1.54) is 30.3 Å². The maximum absolute atomic E-state index is 13.9. The molecule has 1 amide bonds. The van der Waals surface area contributed by atoms with Crippen molar-refractivity contribution in [2.75, 3.05) is 6.61 Å². The Kier molecular flexibility index (Phi) is 4.52. The van der Waals surface area contributed by atoms with Gasteiger partial charge in [-0.3, -0.25) is 9.59 Å². The predicted molar refractivity (Wildman–Crippen MR) is 85.4 cm³/mol. The molecule has 124 valence electrons. The Balaban J connectivity index is 1.84. The summed E-state index contributed by atoms with van der Waals surface area (Å²) in [7, 11) is 0. The third kappa shape index (κ3) is 3.26. The number of nitrogens with zero attached hydrogens (tertiary/aromatic N) is 2. The number of hydrogen-bond acceptors (Lipinski definition) is 4. The van der Waals surface area contributed by atoms with Crippen molar-refractivity contribution in [1.82, 2.24) is 15.1 Å². The van der Waals surface area contributed by atoms with Gasteiger partial charge >= 0.3 is 0 Å². The molecule has 1 heterocycles. The Morgan fingerprint density at radius 2 is 2.08 bits per heavy atom. The molecule has 2 aromatic rings. The van der Waals surface area contributed by atoms with E-state index in [1.54, 1.807) is 6.07 Å². The van der Waals surface area contributed by atoms with Crippen molar-refractivity contribution in [1.29, 1.82) is 0 Å². The largest absolute Gasteiger partial charge is 0.396 e. The number of hydrogen-bond donors (Lipinski definition) is 2. The maximum Gasteiger partial charge on any atom is 0.272 e. The second-order valence-electron chi connectivity index (χ2n) is 5.56. The number of aromatic nitrogens is 2. The number of benzene rings is 1. The molecule has 0 saturated carbocycles. The van der Waals surface area contributed by atoms with Gasteiger partial charge in [-0.05, 0) is 24.6 Å². The number of amides is 1. The Morgan fingerprint density at radius 1 is 1.29 bits per heavy atom. The first kappa shape index (κ1) is 16.1. The third-order valence-corrected chi connectivity index (χ3v) is 3.84. The maximum atomic E-state index is 13.9. The van der Waals surface area contributed by atoms with Crippen molar-refractivity contribution in [2.45, 2.75) is 12.5 Å². The third-order valence-electron chi connectivity index (χ3n) is 3.84. The van der Waals surface area contributed by atoms with Crippen LogP contribution in [0.5, 0.6) is 0 Å². The lowest BCUT2D eigenvalue weighted by atomic mass is 10.1. The molecule has 1 aliphatic rings. The van der Waals surface area contributed by atoms with E-state index < -0.39 is 17.3 Å². The van der Waals surface area contributed by atoms with Crippen LogP contribution in [0.4, 0.5) is 4.39 Å². The van der Waals surface area contributed by atoms with Crippen LogP contribution < -0.4 is 10.9 Å². The molecule has 0 spiro atoms. The van der Waals surface area contributed by atoms with E-state index in [1.807, 2.05) is 12.2 Å². The monoisotopic (exact) mass is 329 g/mol. The van der Waals surface area contributed by atoms with E-state index in [9.17, 15) is 14.0 Å². The van der Waals surface area contributed by atoms with Crippen LogP contribution in [0.15, 0.2) is 53.3 Å². The van der Waals surface area contributed by atoms with E-state index >= 15 is 0 Å². The van der Waals surface area contributed by atoms with Gasteiger partial charge in [-0.25, -0.2) is 4.39 Å². The second-order valence-corrected chi connectivity index (χ2v) is 5.56. The zero-order valence-corrected chi connectivity index (χ0v) is 12.7. The number of nitrogens with one attached hydrogen (secondary N) is 1. The first-order chi connectivity index (χ1) is 11.6. The minimum Gasteiger partial charge on any atom is -0.396 e. The summed E-state index contributed by atoms with van der Waals surface area (Å²) in [5.74, 6) is -1.04. The molecule has 2 atom stereocenters. The SMILES string of the molecule is O=C(N[C@@H]1C=C[C@H](CO)C1)c1ccc(=O)n(-c2ccccc2F)n1. The lowest BCUT2D eigenvalue weighted by Crippen LogP contribution is -2.35. The molecule has 0 bridgehead atoms. The average Bonchev–Trinajstić information content (AvgIpc) is 3.03. The molecule has 7 heteroatoms. The standard InChI is InChI=1S/C17H16FN3O3/c18-13-3-1-2-4-15(13)21-16(23)8-7-14(20-21)17(24)19-12-6-5-11(9-12)10-22/h1-8,11-12,22H,9-10H2,(H,19,24)/t11-,12+/m0/s1. The number of para-hydroxylation sites is 1. The number of rotatable bonds is 4. The molecule has 0 radical (unpaired) electrons. The summed E-state index contributed by atoms with van der Waals surface area (Å²) in [5, 5.41) is 15.8. The molecule has 1 aromatic carbocycles. The second kappa shape index (κ2) is 6.76. The minimum atomic E-state index is -0.603. The van der Waals surface area contributed by atoms with E-state index in [-0.39, 0.29) is 29.9 Å². The highest BCUT2D eigenvalue weighted by Crippen LogP contribution is 2.17. The molecule has 1 aliphatic carbocycles. The van der Waals surface area contributed by atoms with E-state index in [0.29, 0.717) is 6.42 Å². The number of halogens is 1. The van der Waals surface area contributed by atoms with Gasteiger partial charge in [0.15, 0.2) is 0 Å². The zero-order valence-electron chi connectivity index (χ0n) is 12.7. The van der Waals surface area contributed by atoms with E-state index in [2.05, 4.69) is 10.4 Å². The van der Waals surface area contributed by atoms with Crippen LogP contribution in [0.3, 0.4) is 0 Å². The summed E-state index contributed by atoms with van der Waals surface area (Å²) >= 11 is 0. The lowest BCUT2D eigenvalue weighted by molar-refractivity contribution is 0.0934. The molecular weight excluding hydrogens is 313 g/mol. The van der Waals surface area contributed by atoms with Gasteiger partial charge < -0.3 is 10.4 Å². The van der Waals surface area contributed by atoms with E-state index in [0.717, 1.165) is 4.68 Å². The fourth-order valence-corrected chi connectivity index (χ4v) is 2.59. The van der Waals surface area contributed by atoms with Gasteiger partial charge in [0.05, 0.1) is 0 Å². The fraction of sp³-hybridized carbons (Fsp3) is 0.235. The zero-order chi connectivity index (χ0) is 17.1. The summed E-state index contributed by atoms with van der Waals surface area (Å²) in [6.45, 7) is 0.0271. The highest BCUT2D eigenvalue weighted by Gasteiger charge is 2.21. The van der Waals surface area contributed by atoms with Gasteiger partial charge in [0.2, 0.25) is 0 Å². The topological polar surface area (TPSA) is 84.2 Å². The molecule has 1 aromatic heterocycles. The number of carbonyl (C=O) groups excluding carboxylic acids is 1. The molecule has 6 nitrogen and oxygen atoms in total. The van der Waals surface area contributed by atoms with Gasteiger partial charge in [0, 0.05) is 24.6 Å². The summed E-state index contributed by atoms with van der Waals surface area (Å²) < 4.78 is 14.7.